The molecule has 1 saturated heterocycles. The smallest absolute Gasteiger partial charge is 0.358 e. The lowest BCUT2D eigenvalue weighted by Gasteiger charge is -2.32. The van der Waals surface area contributed by atoms with Crippen LogP contribution in [0, 0.1) is 0 Å². The molecule has 7 nitrogen and oxygen atoms in total. The first-order valence-corrected chi connectivity index (χ1v) is 8.68. The normalized spacial score (nSPS) is 21.4. The molecule has 0 amide bonds. The standard InChI is InChI=1S/C10H14N2O5S2/c1-19(15,16)9-6-18-3-2-12(9)5-7-4-8(10(13)14)11-17-7/h4,9H,2-3,5-6H2,1H3,(H,13,14). The van der Waals surface area contributed by atoms with Crippen molar-refractivity contribution in [3.05, 3.63) is 17.5 Å². The van der Waals surface area contributed by atoms with Gasteiger partial charge in [-0.2, -0.15) is 11.8 Å². The van der Waals surface area contributed by atoms with Crippen LogP contribution < -0.4 is 0 Å². The van der Waals surface area contributed by atoms with Crippen molar-refractivity contribution in [3.63, 3.8) is 0 Å². The lowest BCUT2D eigenvalue weighted by atomic mass is 10.3. The SMILES string of the molecule is CS(=O)(=O)C1CSCCN1Cc1cc(C(=O)O)no1. The molecule has 106 valence electrons. The molecule has 9 heteroatoms. The molecule has 2 rings (SSSR count). The average molecular weight is 306 g/mol. The summed E-state index contributed by atoms with van der Waals surface area (Å²) in [7, 11) is -3.18. The van der Waals surface area contributed by atoms with Crippen LogP contribution in [0.4, 0.5) is 0 Å². The summed E-state index contributed by atoms with van der Waals surface area (Å²) in [5, 5.41) is 11.6. The number of rotatable bonds is 4. The van der Waals surface area contributed by atoms with E-state index in [9.17, 15) is 13.2 Å². The van der Waals surface area contributed by atoms with Crippen LogP contribution in [0.25, 0.3) is 0 Å². The van der Waals surface area contributed by atoms with Crippen molar-refractivity contribution in [2.45, 2.75) is 11.9 Å². The predicted octanol–water partition coefficient (Wildman–Crippen LogP) is 0.292. The van der Waals surface area contributed by atoms with E-state index in [1.165, 1.54) is 12.3 Å². The van der Waals surface area contributed by atoms with E-state index in [1.807, 2.05) is 0 Å². The number of thioether (sulfide) groups is 1. The van der Waals surface area contributed by atoms with Crippen molar-refractivity contribution in [2.75, 3.05) is 24.3 Å². The van der Waals surface area contributed by atoms with Gasteiger partial charge in [-0.1, -0.05) is 5.16 Å². The quantitative estimate of drug-likeness (QED) is 0.847. The van der Waals surface area contributed by atoms with Crippen LogP contribution in [0.3, 0.4) is 0 Å². The first kappa shape index (κ1) is 14.4. The number of carboxylic acids is 1. The third kappa shape index (κ3) is 3.48. The molecule has 1 N–H and O–H groups in total. The van der Waals surface area contributed by atoms with Gasteiger partial charge in [0.15, 0.2) is 21.3 Å². The Morgan fingerprint density at radius 1 is 1.68 bits per heavy atom. The second kappa shape index (κ2) is 5.51. The van der Waals surface area contributed by atoms with Crippen LogP contribution >= 0.6 is 11.8 Å². The fourth-order valence-electron chi connectivity index (χ4n) is 1.88. The zero-order valence-electron chi connectivity index (χ0n) is 10.3. The molecule has 0 radical (unpaired) electrons. The lowest BCUT2D eigenvalue weighted by molar-refractivity contribution is 0.0685. The summed E-state index contributed by atoms with van der Waals surface area (Å²) >= 11 is 1.59. The van der Waals surface area contributed by atoms with Gasteiger partial charge in [0.2, 0.25) is 0 Å². The van der Waals surface area contributed by atoms with Crippen molar-refractivity contribution < 1.29 is 22.8 Å². The van der Waals surface area contributed by atoms with Crippen LogP contribution in [-0.2, 0) is 16.4 Å². The fourth-order valence-corrected chi connectivity index (χ4v) is 4.82. The molecule has 1 aliphatic heterocycles. The van der Waals surface area contributed by atoms with Gasteiger partial charge in [0.1, 0.15) is 5.37 Å². The largest absolute Gasteiger partial charge is 0.476 e. The first-order valence-electron chi connectivity index (χ1n) is 5.57. The van der Waals surface area contributed by atoms with Gasteiger partial charge in [0.05, 0.1) is 6.54 Å². The van der Waals surface area contributed by atoms with Gasteiger partial charge in [-0.3, -0.25) is 4.90 Å². The number of sulfone groups is 1. The Bertz CT molecular complexity index is 568. The van der Waals surface area contributed by atoms with E-state index in [-0.39, 0.29) is 12.2 Å². The highest BCUT2D eigenvalue weighted by Crippen LogP contribution is 2.22. The molecule has 0 aliphatic carbocycles. The predicted molar refractivity (Wildman–Crippen MR) is 69.8 cm³/mol. The van der Waals surface area contributed by atoms with Crippen molar-refractivity contribution in [1.29, 1.82) is 0 Å². The van der Waals surface area contributed by atoms with Crippen LogP contribution in [0.5, 0.6) is 0 Å². The molecule has 0 bridgehead atoms. The minimum Gasteiger partial charge on any atom is -0.476 e. The summed E-state index contributed by atoms with van der Waals surface area (Å²) in [4.78, 5) is 12.5. The molecular formula is C10H14N2O5S2. The molecule has 0 saturated carbocycles. The molecule has 1 aliphatic rings. The number of hydrogen-bond donors (Lipinski definition) is 1. The molecule has 2 heterocycles. The summed E-state index contributed by atoms with van der Waals surface area (Å²) in [5.74, 6) is 0.548. The maximum Gasteiger partial charge on any atom is 0.358 e. The average Bonchev–Trinajstić information content (AvgIpc) is 2.77. The van der Waals surface area contributed by atoms with Gasteiger partial charge < -0.3 is 9.63 Å². The van der Waals surface area contributed by atoms with E-state index >= 15 is 0 Å². The Kier molecular flexibility index (Phi) is 4.16. The van der Waals surface area contributed by atoms with Gasteiger partial charge in [-0.15, -0.1) is 0 Å². The van der Waals surface area contributed by atoms with E-state index in [2.05, 4.69) is 5.16 Å². The van der Waals surface area contributed by atoms with Crippen LogP contribution in [0.1, 0.15) is 16.2 Å². The maximum absolute atomic E-state index is 11.7. The topological polar surface area (TPSA) is 101 Å². The first-order chi connectivity index (χ1) is 8.88. The van der Waals surface area contributed by atoms with Crippen LogP contribution in [0.15, 0.2) is 10.6 Å². The Balaban J connectivity index is 2.13. The Morgan fingerprint density at radius 3 is 3.00 bits per heavy atom. The number of carboxylic acid groups (broad SMARTS) is 1. The van der Waals surface area contributed by atoms with E-state index in [0.29, 0.717) is 18.1 Å². The summed E-state index contributed by atoms with van der Waals surface area (Å²) < 4.78 is 28.3. The van der Waals surface area contributed by atoms with Crippen LogP contribution in [0.2, 0.25) is 0 Å². The second-order valence-electron chi connectivity index (χ2n) is 4.31. The summed E-state index contributed by atoms with van der Waals surface area (Å²) in [5.41, 5.74) is -0.169. The highest BCUT2D eigenvalue weighted by molar-refractivity contribution is 8.00. The lowest BCUT2D eigenvalue weighted by Crippen LogP contribution is -2.46. The maximum atomic E-state index is 11.7. The molecule has 1 aromatic heterocycles. The zero-order chi connectivity index (χ0) is 14.0. The Morgan fingerprint density at radius 2 is 2.42 bits per heavy atom. The molecule has 1 aromatic rings. The Labute approximate surface area is 114 Å². The van der Waals surface area contributed by atoms with Gasteiger partial charge in [-0.05, 0) is 0 Å². The van der Waals surface area contributed by atoms with E-state index < -0.39 is 21.2 Å². The number of aromatic carboxylic acids is 1. The molecule has 0 aromatic carbocycles. The number of nitrogens with zero attached hydrogens (tertiary/aromatic N) is 2. The van der Waals surface area contributed by atoms with Gasteiger partial charge in [0, 0.05) is 30.4 Å². The highest BCUT2D eigenvalue weighted by Gasteiger charge is 2.31. The molecule has 1 atom stereocenters. The van der Waals surface area contributed by atoms with E-state index in [4.69, 9.17) is 9.63 Å². The van der Waals surface area contributed by atoms with Gasteiger partial charge in [-0.25, -0.2) is 13.2 Å². The third-order valence-corrected chi connectivity index (χ3v) is 5.51. The van der Waals surface area contributed by atoms with Crippen molar-refractivity contribution in [2.24, 2.45) is 0 Å². The summed E-state index contributed by atoms with van der Waals surface area (Å²) in [6.07, 6.45) is 1.21. The van der Waals surface area contributed by atoms with Crippen LogP contribution in [-0.4, -0.2) is 59.2 Å². The Hall–Kier alpha value is -1.06. The van der Waals surface area contributed by atoms with Gasteiger partial charge in [0.25, 0.3) is 0 Å². The summed E-state index contributed by atoms with van der Waals surface area (Å²) in [6, 6.07) is 1.32. The van der Waals surface area contributed by atoms with E-state index in [1.54, 1.807) is 16.7 Å². The minimum atomic E-state index is -3.18. The van der Waals surface area contributed by atoms with Crippen molar-refractivity contribution in [3.8, 4) is 0 Å². The molecule has 0 spiro atoms. The molecule has 1 fully saturated rings. The number of aromatic nitrogens is 1. The number of carbonyl (C=O) groups is 1. The monoisotopic (exact) mass is 306 g/mol. The second-order valence-corrected chi connectivity index (χ2v) is 7.67. The number of hydrogen-bond acceptors (Lipinski definition) is 7. The third-order valence-electron chi connectivity index (χ3n) is 2.82. The molecular weight excluding hydrogens is 292 g/mol. The fraction of sp³-hybridized carbons (Fsp3) is 0.600. The minimum absolute atomic E-state index is 0.169. The van der Waals surface area contributed by atoms with Crippen molar-refractivity contribution >= 4 is 27.6 Å². The van der Waals surface area contributed by atoms with Crippen molar-refractivity contribution in [1.82, 2.24) is 10.1 Å². The molecule has 1 unspecified atom stereocenters. The molecule has 19 heavy (non-hydrogen) atoms. The highest BCUT2D eigenvalue weighted by atomic mass is 32.2. The van der Waals surface area contributed by atoms with Gasteiger partial charge >= 0.3 is 5.97 Å². The summed E-state index contributed by atoms with van der Waals surface area (Å²) in [6.45, 7) is 0.865. The zero-order valence-corrected chi connectivity index (χ0v) is 11.9. The van der Waals surface area contributed by atoms with E-state index in [0.717, 1.165) is 5.75 Å².